The number of nitrogens with one attached hydrogen (secondary N) is 1. The topological polar surface area (TPSA) is 111 Å². The fraction of sp³-hybridized carbons (Fsp3) is 0.250. The van der Waals surface area contributed by atoms with Crippen LogP contribution in [0.5, 0.6) is 11.5 Å². The lowest BCUT2D eigenvalue weighted by Crippen LogP contribution is -2.28. The van der Waals surface area contributed by atoms with Gasteiger partial charge in [0.15, 0.2) is 17.4 Å². The first-order valence-corrected chi connectivity index (χ1v) is 10.5. The van der Waals surface area contributed by atoms with Crippen LogP contribution in [0.1, 0.15) is 17.6 Å². The summed E-state index contributed by atoms with van der Waals surface area (Å²) in [4.78, 5) is 4.31. The van der Waals surface area contributed by atoms with E-state index in [1.165, 1.54) is 18.4 Å². The summed E-state index contributed by atoms with van der Waals surface area (Å²) in [6.07, 6.45) is 0.485. The zero-order valence-electron chi connectivity index (χ0n) is 15.7. The number of fused-ring (bicyclic) bond motifs is 1. The molecular formula is C20H20N2O6S. The highest BCUT2D eigenvalue weighted by atomic mass is 32.2. The SMILES string of the molecule is Cc1nc(-c2ccc(S(=O)(=O)NC[C@H](O)c3ccc4c(c3)OCCO4)cc2)co1. The molecule has 2 heterocycles. The van der Waals surface area contributed by atoms with Crippen LogP contribution in [0, 0.1) is 6.92 Å². The highest BCUT2D eigenvalue weighted by Crippen LogP contribution is 2.32. The van der Waals surface area contributed by atoms with Gasteiger partial charge in [0.05, 0.1) is 11.0 Å². The second kappa shape index (κ2) is 7.86. The lowest BCUT2D eigenvalue weighted by Gasteiger charge is -2.20. The lowest BCUT2D eigenvalue weighted by molar-refractivity contribution is 0.165. The molecule has 0 spiro atoms. The Balaban J connectivity index is 1.43. The Kier molecular flexibility index (Phi) is 5.27. The molecule has 0 unspecified atom stereocenters. The summed E-state index contributed by atoms with van der Waals surface area (Å²) in [5, 5.41) is 10.4. The van der Waals surface area contributed by atoms with Gasteiger partial charge in [0.25, 0.3) is 0 Å². The minimum atomic E-state index is -3.78. The van der Waals surface area contributed by atoms with Crippen molar-refractivity contribution in [3.05, 3.63) is 60.2 Å². The van der Waals surface area contributed by atoms with E-state index in [2.05, 4.69) is 9.71 Å². The minimum absolute atomic E-state index is 0.0934. The van der Waals surface area contributed by atoms with Gasteiger partial charge in [-0.3, -0.25) is 0 Å². The molecule has 152 valence electrons. The van der Waals surface area contributed by atoms with E-state index in [0.29, 0.717) is 41.9 Å². The van der Waals surface area contributed by atoms with Crippen molar-refractivity contribution in [1.82, 2.24) is 9.71 Å². The molecule has 0 aliphatic carbocycles. The zero-order valence-corrected chi connectivity index (χ0v) is 16.5. The van der Waals surface area contributed by atoms with Gasteiger partial charge in [-0.15, -0.1) is 0 Å². The zero-order chi connectivity index (χ0) is 20.4. The first kappa shape index (κ1) is 19.4. The number of hydrogen-bond acceptors (Lipinski definition) is 7. The Labute approximate surface area is 168 Å². The maximum atomic E-state index is 12.6. The van der Waals surface area contributed by atoms with Gasteiger partial charge in [0, 0.05) is 19.0 Å². The van der Waals surface area contributed by atoms with Crippen LogP contribution in [0.2, 0.25) is 0 Å². The lowest BCUT2D eigenvalue weighted by atomic mass is 10.1. The van der Waals surface area contributed by atoms with Crippen molar-refractivity contribution in [2.45, 2.75) is 17.9 Å². The quantitative estimate of drug-likeness (QED) is 0.635. The number of benzene rings is 2. The summed E-state index contributed by atoms with van der Waals surface area (Å²) < 4.78 is 43.6. The van der Waals surface area contributed by atoms with E-state index in [0.717, 1.165) is 5.56 Å². The molecule has 0 saturated carbocycles. The number of aryl methyl sites for hydroxylation is 1. The number of aliphatic hydroxyl groups excluding tert-OH is 1. The molecule has 0 bridgehead atoms. The highest BCUT2D eigenvalue weighted by Gasteiger charge is 2.19. The Hall–Kier alpha value is -2.88. The van der Waals surface area contributed by atoms with Crippen molar-refractivity contribution in [1.29, 1.82) is 0 Å². The Morgan fingerprint density at radius 2 is 1.83 bits per heavy atom. The first-order chi connectivity index (χ1) is 13.9. The predicted octanol–water partition coefficient (Wildman–Crippen LogP) is 2.43. The molecule has 0 fully saturated rings. The summed E-state index contributed by atoms with van der Waals surface area (Å²) >= 11 is 0. The van der Waals surface area contributed by atoms with Crippen molar-refractivity contribution in [2.75, 3.05) is 19.8 Å². The molecule has 29 heavy (non-hydrogen) atoms. The van der Waals surface area contributed by atoms with Gasteiger partial charge >= 0.3 is 0 Å². The van der Waals surface area contributed by atoms with E-state index in [-0.39, 0.29) is 11.4 Å². The maximum absolute atomic E-state index is 12.6. The van der Waals surface area contributed by atoms with Crippen LogP contribution in [0.25, 0.3) is 11.3 Å². The monoisotopic (exact) mass is 416 g/mol. The standard InChI is InChI=1S/C20H20N2O6S/c1-13-22-17(12-28-13)14-2-5-16(6-3-14)29(24,25)21-11-18(23)15-4-7-19-20(10-15)27-9-8-26-19/h2-7,10,12,18,21,23H,8-9,11H2,1H3/t18-/m0/s1. The van der Waals surface area contributed by atoms with Gasteiger partial charge < -0.3 is 19.0 Å². The molecule has 1 aliphatic heterocycles. The van der Waals surface area contributed by atoms with E-state index in [1.807, 2.05) is 0 Å². The fourth-order valence-electron chi connectivity index (χ4n) is 2.96. The van der Waals surface area contributed by atoms with E-state index >= 15 is 0 Å². The largest absolute Gasteiger partial charge is 0.486 e. The molecular weight excluding hydrogens is 396 g/mol. The van der Waals surface area contributed by atoms with Crippen LogP contribution in [0.4, 0.5) is 0 Å². The van der Waals surface area contributed by atoms with Crippen LogP contribution in [-0.2, 0) is 10.0 Å². The van der Waals surface area contributed by atoms with Crippen LogP contribution in [-0.4, -0.2) is 38.3 Å². The predicted molar refractivity (Wildman–Crippen MR) is 104 cm³/mol. The normalized spacial score (nSPS) is 14.6. The molecule has 3 aromatic rings. The molecule has 1 aliphatic rings. The summed E-state index contributed by atoms with van der Waals surface area (Å²) in [7, 11) is -3.78. The molecule has 1 atom stereocenters. The van der Waals surface area contributed by atoms with Gasteiger partial charge in [0.1, 0.15) is 25.2 Å². The number of sulfonamides is 1. The highest BCUT2D eigenvalue weighted by molar-refractivity contribution is 7.89. The number of ether oxygens (including phenoxy) is 2. The van der Waals surface area contributed by atoms with E-state index < -0.39 is 16.1 Å². The Morgan fingerprint density at radius 1 is 1.10 bits per heavy atom. The number of nitrogens with zero attached hydrogens (tertiary/aromatic N) is 1. The van der Waals surface area contributed by atoms with E-state index in [9.17, 15) is 13.5 Å². The molecule has 9 heteroatoms. The molecule has 1 aromatic heterocycles. The molecule has 4 rings (SSSR count). The van der Waals surface area contributed by atoms with Crippen LogP contribution < -0.4 is 14.2 Å². The van der Waals surface area contributed by atoms with Crippen molar-refractivity contribution in [2.24, 2.45) is 0 Å². The van der Waals surface area contributed by atoms with Gasteiger partial charge in [-0.05, 0) is 29.8 Å². The van der Waals surface area contributed by atoms with Gasteiger partial charge in [-0.1, -0.05) is 18.2 Å². The number of hydrogen-bond donors (Lipinski definition) is 2. The third-order valence-corrected chi connectivity index (χ3v) is 5.94. The number of oxazole rings is 1. The summed E-state index contributed by atoms with van der Waals surface area (Å²) in [6.45, 7) is 2.47. The van der Waals surface area contributed by atoms with E-state index in [1.54, 1.807) is 37.3 Å². The average molecular weight is 416 g/mol. The third kappa shape index (κ3) is 4.26. The van der Waals surface area contributed by atoms with Crippen LogP contribution in [0.3, 0.4) is 0 Å². The van der Waals surface area contributed by atoms with Crippen molar-refractivity contribution < 1.29 is 27.4 Å². The number of aliphatic hydroxyl groups is 1. The minimum Gasteiger partial charge on any atom is -0.486 e. The number of rotatable bonds is 6. The van der Waals surface area contributed by atoms with Gasteiger partial charge in [-0.2, -0.15) is 0 Å². The van der Waals surface area contributed by atoms with Crippen LogP contribution in [0.15, 0.2) is 58.0 Å². The Morgan fingerprint density at radius 3 is 2.52 bits per heavy atom. The molecule has 8 nitrogen and oxygen atoms in total. The molecule has 0 radical (unpaired) electrons. The van der Waals surface area contributed by atoms with Crippen molar-refractivity contribution >= 4 is 10.0 Å². The van der Waals surface area contributed by atoms with Gasteiger partial charge in [0.2, 0.25) is 10.0 Å². The maximum Gasteiger partial charge on any atom is 0.240 e. The third-order valence-electron chi connectivity index (χ3n) is 4.50. The van der Waals surface area contributed by atoms with Gasteiger partial charge in [-0.25, -0.2) is 18.1 Å². The molecule has 2 N–H and O–H groups in total. The first-order valence-electron chi connectivity index (χ1n) is 9.02. The molecule has 0 amide bonds. The molecule has 0 saturated heterocycles. The summed E-state index contributed by atoms with van der Waals surface area (Å²) in [5.74, 6) is 1.68. The average Bonchev–Trinajstić information content (AvgIpc) is 3.18. The molecule has 2 aromatic carbocycles. The summed E-state index contributed by atoms with van der Waals surface area (Å²) in [6, 6.07) is 11.3. The Bertz CT molecular complexity index is 1110. The number of aromatic nitrogens is 1. The second-order valence-corrected chi connectivity index (χ2v) is 8.31. The summed E-state index contributed by atoms with van der Waals surface area (Å²) in [5.41, 5.74) is 1.92. The van der Waals surface area contributed by atoms with Crippen molar-refractivity contribution in [3.63, 3.8) is 0 Å². The second-order valence-electron chi connectivity index (χ2n) is 6.55. The smallest absolute Gasteiger partial charge is 0.240 e. The van der Waals surface area contributed by atoms with E-state index in [4.69, 9.17) is 13.9 Å². The van der Waals surface area contributed by atoms with Crippen molar-refractivity contribution in [3.8, 4) is 22.8 Å². The van der Waals surface area contributed by atoms with Crippen LogP contribution >= 0.6 is 0 Å². The fourth-order valence-corrected chi connectivity index (χ4v) is 4.00.